The SMILES string of the molecule is CC/C(C)=C1\O[C@@H]2CC(=O)N2[C@H]1C(=O)OCc1ccccc1. The summed E-state index contributed by atoms with van der Waals surface area (Å²) in [5.41, 5.74) is 1.89. The fraction of sp³-hybridized carbons (Fsp3) is 0.412. The van der Waals surface area contributed by atoms with Crippen LogP contribution < -0.4 is 0 Å². The monoisotopic (exact) mass is 301 g/mol. The number of carbonyl (C=O) groups is 2. The van der Waals surface area contributed by atoms with Gasteiger partial charge in [0.05, 0.1) is 6.42 Å². The van der Waals surface area contributed by atoms with E-state index in [1.54, 1.807) is 0 Å². The number of rotatable bonds is 4. The Morgan fingerprint density at radius 3 is 2.73 bits per heavy atom. The number of nitrogens with zero attached hydrogens (tertiary/aromatic N) is 1. The van der Waals surface area contributed by atoms with Crippen LogP contribution in [0.1, 0.15) is 32.3 Å². The Morgan fingerprint density at radius 2 is 2.09 bits per heavy atom. The van der Waals surface area contributed by atoms with Gasteiger partial charge in [0, 0.05) is 0 Å². The van der Waals surface area contributed by atoms with Crippen molar-refractivity contribution in [3.05, 3.63) is 47.2 Å². The van der Waals surface area contributed by atoms with Crippen LogP contribution in [-0.2, 0) is 25.7 Å². The number of fused-ring (bicyclic) bond motifs is 1. The molecule has 0 saturated carbocycles. The van der Waals surface area contributed by atoms with Crippen LogP contribution in [-0.4, -0.2) is 29.0 Å². The van der Waals surface area contributed by atoms with Gasteiger partial charge in [-0.25, -0.2) is 4.79 Å². The van der Waals surface area contributed by atoms with Gasteiger partial charge in [0.2, 0.25) is 5.91 Å². The molecule has 0 bridgehead atoms. The van der Waals surface area contributed by atoms with Crippen molar-refractivity contribution in [1.82, 2.24) is 4.90 Å². The zero-order valence-electron chi connectivity index (χ0n) is 12.7. The van der Waals surface area contributed by atoms with Crippen LogP contribution in [0.5, 0.6) is 0 Å². The van der Waals surface area contributed by atoms with Crippen molar-refractivity contribution in [2.75, 3.05) is 0 Å². The molecule has 2 heterocycles. The molecule has 22 heavy (non-hydrogen) atoms. The molecule has 5 nitrogen and oxygen atoms in total. The van der Waals surface area contributed by atoms with Gasteiger partial charge in [0.1, 0.15) is 12.4 Å². The number of β-lactam (4-membered cyclic amide) rings is 1. The molecule has 2 fully saturated rings. The van der Waals surface area contributed by atoms with Crippen molar-refractivity contribution >= 4 is 11.9 Å². The van der Waals surface area contributed by atoms with Gasteiger partial charge in [0.15, 0.2) is 12.3 Å². The zero-order valence-corrected chi connectivity index (χ0v) is 12.7. The minimum absolute atomic E-state index is 0.0643. The van der Waals surface area contributed by atoms with E-state index >= 15 is 0 Å². The maximum Gasteiger partial charge on any atom is 0.337 e. The Kier molecular flexibility index (Phi) is 3.88. The van der Waals surface area contributed by atoms with E-state index in [2.05, 4.69) is 0 Å². The first-order chi connectivity index (χ1) is 10.6. The molecule has 116 valence electrons. The highest BCUT2D eigenvalue weighted by Crippen LogP contribution is 2.38. The largest absolute Gasteiger partial charge is 0.471 e. The number of hydrogen-bond donors (Lipinski definition) is 0. The van der Waals surface area contributed by atoms with Crippen molar-refractivity contribution in [2.24, 2.45) is 0 Å². The lowest BCUT2D eigenvalue weighted by atomic mass is 10.1. The summed E-state index contributed by atoms with van der Waals surface area (Å²) >= 11 is 0. The van der Waals surface area contributed by atoms with Gasteiger partial charge in [0.25, 0.3) is 0 Å². The average molecular weight is 301 g/mol. The first-order valence-corrected chi connectivity index (χ1v) is 7.49. The van der Waals surface area contributed by atoms with Crippen molar-refractivity contribution in [3.8, 4) is 0 Å². The molecular weight excluding hydrogens is 282 g/mol. The van der Waals surface area contributed by atoms with Crippen LogP contribution in [0.3, 0.4) is 0 Å². The summed E-state index contributed by atoms with van der Waals surface area (Å²) in [6.45, 7) is 4.11. The Balaban J connectivity index is 1.75. The van der Waals surface area contributed by atoms with E-state index in [0.29, 0.717) is 12.2 Å². The molecule has 1 aromatic rings. The number of ether oxygens (including phenoxy) is 2. The topological polar surface area (TPSA) is 55.8 Å². The summed E-state index contributed by atoms with van der Waals surface area (Å²) < 4.78 is 11.1. The molecule has 0 N–H and O–H groups in total. The number of amides is 1. The molecule has 2 atom stereocenters. The summed E-state index contributed by atoms with van der Waals surface area (Å²) in [4.78, 5) is 25.7. The summed E-state index contributed by atoms with van der Waals surface area (Å²) in [6.07, 6.45) is 0.800. The first-order valence-electron chi connectivity index (χ1n) is 7.49. The Hall–Kier alpha value is -2.30. The van der Waals surface area contributed by atoms with Crippen LogP contribution in [0.4, 0.5) is 0 Å². The minimum Gasteiger partial charge on any atom is -0.471 e. The van der Waals surface area contributed by atoms with E-state index in [1.807, 2.05) is 44.2 Å². The summed E-state index contributed by atoms with van der Waals surface area (Å²) in [7, 11) is 0. The third-order valence-electron chi connectivity index (χ3n) is 4.14. The van der Waals surface area contributed by atoms with Gasteiger partial charge in [-0.1, -0.05) is 37.3 Å². The molecule has 1 amide bonds. The second-order valence-corrected chi connectivity index (χ2v) is 5.57. The third-order valence-corrected chi connectivity index (χ3v) is 4.14. The van der Waals surface area contributed by atoms with E-state index in [0.717, 1.165) is 17.6 Å². The number of carbonyl (C=O) groups excluding carboxylic acids is 2. The van der Waals surface area contributed by atoms with E-state index in [1.165, 1.54) is 4.90 Å². The molecule has 0 spiro atoms. The quantitative estimate of drug-likeness (QED) is 0.633. The Labute approximate surface area is 129 Å². The summed E-state index contributed by atoms with van der Waals surface area (Å²) in [6, 6.07) is 8.75. The minimum atomic E-state index is -0.727. The van der Waals surface area contributed by atoms with Gasteiger partial charge in [-0.3, -0.25) is 9.69 Å². The maximum absolute atomic E-state index is 12.5. The van der Waals surface area contributed by atoms with Gasteiger partial charge >= 0.3 is 5.97 Å². The Bertz CT molecular complexity index is 623. The van der Waals surface area contributed by atoms with Crippen LogP contribution in [0.25, 0.3) is 0 Å². The molecule has 5 heteroatoms. The molecular formula is C17H19NO4. The van der Waals surface area contributed by atoms with Crippen LogP contribution in [0.2, 0.25) is 0 Å². The highest BCUT2D eigenvalue weighted by Gasteiger charge is 2.54. The fourth-order valence-electron chi connectivity index (χ4n) is 2.68. The molecule has 2 aliphatic rings. The predicted octanol–water partition coefficient (Wildman–Crippen LogP) is 2.37. The van der Waals surface area contributed by atoms with Crippen molar-refractivity contribution in [3.63, 3.8) is 0 Å². The second kappa shape index (κ2) is 5.83. The maximum atomic E-state index is 12.5. The molecule has 0 aromatic heterocycles. The number of esters is 1. The lowest BCUT2D eigenvalue weighted by Gasteiger charge is -2.33. The first kappa shape index (κ1) is 14.6. The number of allylic oxidation sites excluding steroid dienone is 1. The van der Waals surface area contributed by atoms with Gasteiger partial charge in [-0.15, -0.1) is 0 Å². The van der Waals surface area contributed by atoms with Crippen molar-refractivity contribution in [2.45, 2.75) is 45.6 Å². The van der Waals surface area contributed by atoms with E-state index < -0.39 is 12.0 Å². The number of benzene rings is 1. The predicted molar refractivity (Wildman–Crippen MR) is 79.4 cm³/mol. The fourth-order valence-corrected chi connectivity index (χ4v) is 2.68. The number of hydrogen-bond acceptors (Lipinski definition) is 4. The molecule has 0 unspecified atom stereocenters. The van der Waals surface area contributed by atoms with E-state index in [9.17, 15) is 9.59 Å². The summed E-state index contributed by atoms with van der Waals surface area (Å²) in [5, 5.41) is 0. The van der Waals surface area contributed by atoms with Crippen LogP contribution in [0, 0.1) is 0 Å². The normalized spacial score (nSPS) is 25.2. The summed E-state index contributed by atoms with van der Waals surface area (Å²) in [5.74, 6) is 0.0872. The van der Waals surface area contributed by atoms with Crippen LogP contribution in [0.15, 0.2) is 41.7 Å². The molecule has 3 rings (SSSR count). The third kappa shape index (κ3) is 2.47. The van der Waals surface area contributed by atoms with Gasteiger partial charge in [-0.2, -0.15) is 0 Å². The smallest absolute Gasteiger partial charge is 0.337 e. The van der Waals surface area contributed by atoms with Crippen molar-refractivity contribution in [1.29, 1.82) is 0 Å². The molecule has 2 aliphatic heterocycles. The zero-order chi connectivity index (χ0) is 15.7. The molecule has 0 aliphatic carbocycles. The van der Waals surface area contributed by atoms with Gasteiger partial charge < -0.3 is 9.47 Å². The highest BCUT2D eigenvalue weighted by molar-refractivity contribution is 5.91. The highest BCUT2D eigenvalue weighted by atomic mass is 16.6. The molecule has 2 saturated heterocycles. The lowest BCUT2D eigenvalue weighted by molar-refractivity contribution is -0.166. The Morgan fingerprint density at radius 1 is 1.36 bits per heavy atom. The average Bonchev–Trinajstić information content (AvgIpc) is 2.85. The van der Waals surface area contributed by atoms with E-state index in [-0.39, 0.29) is 18.7 Å². The van der Waals surface area contributed by atoms with Gasteiger partial charge in [-0.05, 0) is 24.5 Å². The van der Waals surface area contributed by atoms with Crippen LogP contribution >= 0.6 is 0 Å². The molecule has 0 radical (unpaired) electrons. The van der Waals surface area contributed by atoms with Crippen molar-refractivity contribution < 1.29 is 19.1 Å². The second-order valence-electron chi connectivity index (χ2n) is 5.57. The molecule has 1 aromatic carbocycles. The standard InChI is InChI=1S/C17H19NO4/c1-3-11(2)16-15(18-13(19)9-14(18)22-16)17(20)21-10-12-7-5-4-6-8-12/h4-8,14-15H,3,9-10H2,1-2H3/b16-11-/t14-,15-/m1/s1. The lowest BCUT2D eigenvalue weighted by Crippen LogP contribution is -2.55. The van der Waals surface area contributed by atoms with E-state index in [4.69, 9.17) is 9.47 Å².